The van der Waals surface area contributed by atoms with Crippen molar-refractivity contribution in [1.29, 1.82) is 0 Å². The second kappa shape index (κ2) is 7.13. The molecule has 1 fully saturated rings. The number of nitrogens with zero attached hydrogens (tertiary/aromatic N) is 1. The largest absolute Gasteiger partial charge is 0.444 e. The number of benzene rings is 2. The van der Waals surface area contributed by atoms with Gasteiger partial charge in [0, 0.05) is 18.5 Å². The van der Waals surface area contributed by atoms with Gasteiger partial charge >= 0.3 is 6.09 Å². The number of hydrogen-bond acceptors (Lipinski definition) is 4. The summed E-state index contributed by atoms with van der Waals surface area (Å²) in [6.07, 6.45) is 1.33. The number of carbonyl (C=O) groups is 1. The first-order valence-corrected chi connectivity index (χ1v) is 10.6. The summed E-state index contributed by atoms with van der Waals surface area (Å²) in [4.78, 5) is 14.1. The zero-order chi connectivity index (χ0) is 19.8. The van der Waals surface area contributed by atoms with Gasteiger partial charge in [0.1, 0.15) is 5.60 Å². The summed E-state index contributed by atoms with van der Waals surface area (Å²) >= 11 is 0. The number of nitrogens with two attached hydrogens (primary N) is 1. The van der Waals surface area contributed by atoms with Crippen molar-refractivity contribution in [3.05, 3.63) is 42.0 Å². The molecule has 6 nitrogen and oxygen atoms in total. The lowest BCUT2D eigenvalue weighted by molar-refractivity contribution is 0.0205. The van der Waals surface area contributed by atoms with Crippen molar-refractivity contribution in [2.24, 2.45) is 5.14 Å². The Labute approximate surface area is 160 Å². The van der Waals surface area contributed by atoms with E-state index in [4.69, 9.17) is 9.88 Å². The Kier molecular flexibility index (Phi) is 5.18. The Morgan fingerprint density at radius 1 is 1.07 bits per heavy atom. The summed E-state index contributed by atoms with van der Waals surface area (Å²) in [6, 6.07) is 10.9. The second-order valence-corrected chi connectivity index (χ2v) is 9.52. The van der Waals surface area contributed by atoms with Crippen LogP contribution in [0.1, 0.15) is 45.1 Å². The minimum atomic E-state index is -3.78. The Hall–Kier alpha value is -2.12. The van der Waals surface area contributed by atoms with E-state index in [2.05, 4.69) is 0 Å². The van der Waals surface area contributed by atoms with Crippen LogP contribution in [0.15, 0.2) is 41.3 Å². The second-order valence-electron chi connectivity index (χ2n) is 7.99. The predicted molar refractivity (Wildman–Crippen MR) is 105 cm³/mol. The molecule has 7 heteroatoms. The number of carbonyl (C=O) groups excluding carboxylic acids is 1. The topological polar surface area (TPSA) is 89.7 Å². The van der Waals surface area contributed by atoms with Crippen molar-refractivity contribution in [3.63, 3.8) is 0 Å². The number of likely N-dealkylation sites (tertiary alicyclic amines) is 1. The molecule has 1 saturated heterocycles. The van der Waals surface area contributed by atoms with Gasteiger partial charge in [0.25, 0.3) is 0 Å². The van der Waals surface area contributed by atoms with Gasteiger partial charge in [0.15, 0.2) is 0 Å². The first-order chi connectivity index (χ1) is 12.6. The Morgan fingerprint density at radius 3 is 2.22 bits per heavy atom. The fraction of sp³-hybridized carbons (Fsp3) is 0.450. The minimum absolute atomic E-state index is 0.146. The average molecular weight is 391 g/mol. The molecular weight excluding hydrogens is 364 g/mol. The molecule has 1 heterocycles. The van der Waals surface area contributed by atoms with Gasteiger partial charge in [-0.2, -0.15) is 0 Å². The van der Waals surface area contributed by atoms with Crippen molar-refractivity contribution < 1.29 is 17.9 Å². The molecule has 3 rings (SSSR count). The molecule has 0 unspecified atom stereocenters. The van der Waals surface area contributed by atoms with Crippen LogP contribution in [0.25, 0.3) is 10.8 Å². The zero-order valence-electron chi connectivity index (χ0n) is 15.9. The molecule has 0 spiro atoms. The molecular formula is C20H26N2O4S. The summed E-state index contributed by atoms with van der Waals surface area (Å²) < 4.78 is 29.2. The van der Waals surface area contributed by atoms with Gasteiger partial charge in [0.05, 0.1) is 4.90 Å². The summed E-state index contributed by atoms with van der Waals surface area (Å²) in [5.41, 5.74) is 0.593. The van der Waals surface area contributed by atoms with Crippen molar-refractivity contribution in [2.75, 3.05) is 13.1 Å². The van der Waals surface area contributed by atoms with Crippen molar-refractivity contribution in [2.45, 2.75) is 50.0 Å². The van der Waals surface area contributed by atoms with Crippen molar-refractivity contribution in [1.82, 2.24) is 4.90 Å². The highest BCUT2D eigenvalue weighted by atomic mass is 32.2. The molecule has 1 aliphatic rings. The third-order valence-corrected chi connectivity index (χ3v) is 5.78. The number of fused-ring (bicyclic) bond motifs is 1. The van der Waals surface area contributed by atoms with Crippen LogP contribution in [-0.4, -0.2) is 38.1 Å². The number of rotatable bonds is 2. The van der Waals surface area contributed by atoms with Crippen LogP contribution in [0.4, 0.5) is 4.79 Å². The number of amides is 1. The lowest BCUT2D eigenvalue weighted by Crippen LogP contribution is -2.41. The maximum absolute atomic E-state index is 12.2. The molecule has 0 atom stereocenters. The molecule has 0 aromatic heterocycles. The smallest absolute Gasteiger partial charge is 0.410 e. The monoisotopic (exact) mass is 390 g/mol. The van der Waals surface area contributed by atoms with Gasteiger partial charge in [-0.15, -0.1) is 0 Å². The number of hydrogen-bond donors (Lipinski definition) is 1. The third-order valence-electron chi connectivity index (χ3n) is 4.81. The third kappa shape index (κ3) is 4.42. The van der Waals surface area contributed by atoms with Crippen LogP contribution in [-0.2, 0) is 14.8 Å². The molecule has 2 aromatic carbocycles. The molecule has 0 saturated carbocycles. The van der Waals surface area contributed by atoms with Gasteiger partial charge in [-0.1, -0.05) is 30.3 Å². The fourth-order valence-corrected chi connectivity index (χ4v) is 4.34. The molecule has 0 bridgehead atoms. The van der Waals surface area contributed by atoms with E-state index in [-0.39, 0.29) is 16.9 Å². The average Bonchev–Trinajstić information content (AvgIpc) is 2.58. The van der Waals surface area contributed by atoms with Crippen LogP contribution in [0, 0.1) is 0 Å². The summed E-state index contributed by atoms with van der Waals surface area (Å²) in [5.74, 6) is 0.253. The number of ether oxygens (including phenoxy) is 1. The highest BCUT2D eigenvalue weighted by Crippen LogP contribution is 2.35. The van der Waals surface area contributed by atoms with Gasteiger partial charge in [-0.05, 0) is 56.5 Å². The Morgan fingerprint density at radius 2 is 1.67 bits per heavy atom. The van der Waals surface area contributed by atoms with Crippen molar-refractivity contribution in [3.8, 4) is 0 Å². The van der Waals surface area contributed by atoms with E-state index in [0.717, 1.165) is 23.8 Å². The predicted octanol–water partition coefficient (Wildman–Crippen LogP) is 3.60. The van der Waals surface area contributed by atoms with E-state index in [1.54, 1.807) is 17.0 Å². The lowest BCUT2D eigenvalue weighted by Gasteiger charge is -2.34. The first-order valence-electron chi connectivity index (χ1n) is 9.08. The molecule has 27 heavy (non-hydrogen) atoms. The zero-order valence-corrected chi connectivity index (χ0v) is 16.8. The number of sulfonamides is 1. The quantitative estimate of drug-likeness (QED) is 0.848. The molecule has 0 radical (unpaired) electrons. The molecule has 146 valence electrons. The van der Waals surface area contributed by atoms with E-state index in [9.17, 15) is 13.2 Å². The van der Waals surface area contributed by atoms with Crippen LogP contribution < -0.4 is 5.14 Å². The minimum Gasteiger partial charge on any atom is -0.444 e. The highest BCUT2D eigenvalue weighted by Gasteiger charge is 2.28. The summed E-state index contributed by atoms with van der Waals surface area (Å²) in [7, 11) is -3.78. The Balaban J connectivity index is 1.83. The van der Waals surface area contributed by atoms with E-state index in [0.29, 0.717) is 18.5 Å². The van der Waals surface area contributed by atoms with Crippen LogP contribution in [0.5, 0.6) is 0 Å². The summed E-state index contributed by atoms with van der Waals surface area (Å²) in [6.45, 7) is 6.81. The summed E-state index contributed by atoms with van der Waals surface area (Å²) in [5, 5.41) is 6.92. The van der Waals surface area contributed by atoms with Crippen molar-refractivity contribution >= 4 is 26.9 Å². The Bertz CT molecular complexity index is 956. The molecule has 2 N–H and O–H groups in total. The SMILES string of the molecule is CC(C)(C)OC(=O)N1CCC(c2ccc(S(N)(=O)=O)c3ccccc23)CC1. The fourth-order valence-electron chi connectivity index (χ4n) is 3.60. The number of piperidine rings is 1. The van der Waals surface area contributed by atoms with Gasteiger partial charge < -0.3 is 9.64 Å². The maximum atomic E-state index is 12.2. The maximum Gasteiger partial charge on any atom is 0.410 e. The van der Waals surface area contributed by atoms with Crippen LogP contribution >= 0.6 is 0 Å². The number of primary sulfonamides is 1. The van der Waals surface area contributed by atoms with E-state index in [1.165, 1.54) is 0 Å². The molecule has 1 amide bonds. The normalized spacial score (nSPS) is 16.5. The van der Waals surface area contributed by atoms with E-state index >= 15 is 0 Å². The molecule has 0 aliphatic carbocycles. The van der Waals surface area contributed by atoms with Gasteiger partial charge in [0.2, 0.25) is 10.0 Å². The molecule has 2 aromatic rings. The van der Waals surface area contributed by atoms with E-state index < -0.39 is 15.6 Å². The van der Waals surface area contributed by atoms with Gasteiger partial charge in [-0.3, -0.25) is 0 Å². The van der Waals surface area contributed by atoms with Gasteiger partial charge in [-0.25, -0.2) is 18.4 Å². The highest BCUT2D eigenvalue weighted by molar-refractivity contribution is 7.89. The van der Waals surface area contributed by atoms with E-state index in [1.807, 2.05) is 45.0 Å². The van der Waals surface area contributed by atoms with Crippen LogP contribution in [0.3, 0.4) is 0 Å². The lowest BCUT2D eigenvalue weighted by atomic mass is 9.86. The standard InChI is InChI=1S/C20H26N2O4S/c1-20(2,3)26-19(23)22-12-10-14(11-13-22)15-8-9-18(27(21,24)25)17-7-5-4-6-16(15)17/h4-9,14H,10-13H2,1-3H3,(H2,21,24,25). The molecule has 1 aliphatic heterocycles. The van der Waals surface area contributed by atoms with Crippen LogP contribution in [0.2, 0.25) is 0 Å². The first kappa shape index (κ1) is 19.6.